The van der Waals surface area contributed by atoms with Crippen LogP contribution >= 0.6 is 0 Å². The lowest BCUT2D eigenvalue weighted by molar-refractivity contribution is -0.156. The van der Waals surface area contributed by atoms with Crippen molar-refractivity contribution in [2.45, 2.75) is 44.9 Å². The van der Waals surface area contributed by atoms with Crippen LogP contribution in [0.15, 0.2) is 29.2 Å². The number of fused-ring (bicyclic) bond motifs is 1. The Kier molecular flexibility index (Phi) is 6.91. The first-order valence-electron chi connectivity index (χ1n) is 8.69. The number of halogens is 2. The Hall–Kier alpha value is -3.01. The molecule has 1 aromatic heterocycles. The molecule has 29 heavy (non-hydrogen) atoms. The minimum absolute atomic E-state index is 0.103. The van der Waals surface area contributed by atoms with Crippen LogP contribution in [0.3, 0.4) is 0 Å². The number of hydrogen-bond acceptors (Lipinski definition) is 7. The SMILES string of the molecule is C=CCOC(=O)NC(CC(=O)OC(C)(C)C)C(O)c1nc2c(F)cc(F)cc2o1. The van der Waals surface area contributed by atoms with Crippen LogP contribution in [0, 0.1) is 11.6 Å². The van der Waals surface area contributed by atoms with Gasteiger partial charge in [-0.05, 0) is 20.8 Å². The third kappa shape index (κ3) is 6.24. The maximum atomic E-state index is 13.9. The molecule has 10 heteroatoms. The Morgan fingerprint density at radius 1 is 1.38 bits per heavy atom. The van der Waals surface area contributed by atoms with Gasteiger partial charge in [-0.1, -0.05) is 12.7 Å². The molecule has 2 unspecified atom stereocenters. The normalized spacial score (nSPS) is 13.6. The topological polar surface area (TPSA) is 111 Å². The monoisotopic (exact) mass is 412 g/mol. The molecular formula is C19H22F2N2O6. The molecule has 2 rings (SSSR count). The zero-order valence-corrected chi connectivity index (χ0v) is 16.2. The molecule has 0 aliphatic carbocycles. The summed E-state index contributed by atoms with van der Waals surface area (Å²) in [5.74, 6) is -3.01. The fraction of sp³-hybridized carbons (Fsp3) is 0.421. The van der Waals surface area contributed by atoms with Crippen molar-refractivity contribution >= 4 is 23.2 Å². The number of esters is 1. The lowest BCUT2D eigenvalue weighted by Gasteiger charge is -2.24. The average Bonchev–Trinajstić information content (AvgIpc) is 3.01. The first kappa shape index (κ1) is 22.3. The summed E-state index contributed by atoms with van der Waals surface area (Å²) in [6, 6.07) is 0.239. The molecule has 1 amide bonds. The van der Waals surface area contributed by atoms with Crippen molar-refractivity contribution in [3.8, 4) is 0 Å². The molecule has 0 saturated carbocycles. The number of benzene rings is 1. The highest BCUT2D eigenvalue weighted by molar-refractivity contribution is 5.74. The average molecular weight is 412 g/mol. The van der Waals surface area contributed by atoms with E-state index in [-0.39, 0.29) is 17.7 Å². The summed E-state index contributed by atoms with van der Waals surface area (Å²) in [6.45, 7) is 8.26. The maximum Gasteiger partial charge on any atom is 0.407 e. The Balaban J connectivity index is 2.28. The second kappa shape index (κ2) is 8.99. The van der Waals surface area contributed by atoms with Crippen molar-refractivity contribution < 1.29 is 37.4 Å². The van der Waals surface area contributed by atoms with Crippen molar-refractivity contribution in [1.29, 1.82) is 0 Å². The highest BCUT2D eigenvalue weighted by atomic mass is 19.1. The summed E-state index contributed by atoms with van der Waals surface area (Å²) in [5.41, 5.74) is -1.33. The molecule has 0 bridgehead atoms. The summed E-state index contributed by atoms with van der Waals surface area (Å²) < 4.78 is 42.4. The van der Waals surface area contributed by atoms with Crippen LogP contribution in [0.5, 0.6) is 0 Å². The summed E-state index contributed by atoms with van der Waals surface area (Å²) in [6.07, 6.45) is -1.74. The van der Waals surface area contributed by atoms with E-state index >= 15 is 0 Å². The molecule has 0 fully saturated rings. The zero-order valence-electron chi connectivity index (χ0n) is 16.2. The fourth-order valence-corrected chi connectivity index (χ4v) is 2.40. The van der Waals surface area contributed by atoms with E-state index < -0.39 is 53.8 Å². The van der Waals surface area contributed by atoms with Crippen molar-refractivity contribution in [3.63, 3.8) is 0 Å². The number of aliphatic hydroxyl groups is 1. The van der Waals surface area contributed by atoms with E-state index in [1.54, 1.807) is 20.8 Å². The van der Waals surface area contributed by atoms with Gasteiger partial charge < -0.3 is 24.3 Å². The second-order valence-electron chi connectivity index (χ2n) is 7.16. The summed E-state index contributed by atoms with van der Waals surface area (Å²) in [4.78, 5) is 27.9. The highest BCUT2D eigenvalue weighted by Gasteiger charge is 2.32. The number of amides is 1. The van der Waals surface area contributed by atoms with Gasteiger partial charge in [0.15, 0.2) is 17.5 Å². The van der Waals surface area contributed by atoms with E-state index in [2.05, 4.69) is 16.9 Å². The fourth-order valence-electron chi connectivity index (χ4n) is 2.40. The van der Waals surface area contributed by atoms with Crippen LogP contribution in [-0.2, 0) is 14.3 Å². The molecular weight excluding hydrogens is 390 g/mol. The van der Waals surface area contributed by atoms with Crippen molar-refractivity contribution in [2.24, 2.45) is 0 Å². The third-order valence-electron chi connectivity index (χ3n) is 3.51. The van der Waals surface area contributed by atoms with Gasteiger partial charge in [-0.3, -0.25) is 4.79 Å². The Bertz CT molecular complexity index is 906. The van der Waals surface area contributed by atoms with E-state index in [4.69, 9.17) is 13.9 Å². The molecule has 1 aromatic carbocycles. The van der Waals surface area contributed by atoms with Crippen LogP contribution in [0.1, 0.15) is 39.2 Å². The predicted molar refractivity (Wildman–Crippen MR) is 97.8 cm³/mol. The summed E-state index contributed by atoms with van der Waals surface area (Å²) in [7, 11) is 0. The van der Waals surface area contributed by atoms with E-state index in [0.717, 1.165) is 6.07 Å². The lowest BCUT2D eigenvalue weighted by atomic mass is 10.1. The number of oxazole rings is 1. The number of aliphatic hydroxyl groups excluding tert-OH is 1. The molecule has 0 aliphatic rings. The Morgan fingerprint density at radius 3 is 2.69 bits per heavy atom. The van der Waals surface area contributed by atoms with Gasteiger partial charge in [-0.25, -0.2) is 18.6 Å². The highest BCUT2D eigenvalue weighted by Crippen LogP contribution is 2.26. The largest absolute Gasteiger partial charge is 0.460 e. The quantitative estimate of drug-likeness (QED) is 0.531. The van der Waals surface area contributed by atoms with E-state index in [0.29, 0.717) is 6.07 Å². The first-order chi connectivity index (χ1) is 13.5. The molecule has 2 aromatic rings. The third-order valence-corrected chi connectivity index (χ3v) is 3.51. The van der Waals surface area contributed by atoms with E-state index in [1.807, 2.05) is 0 Å². The number of nitrogens with one attached hydrogen (secondary N) is 1. The number of alkyl carbamates (subject to hydrolysis) is 1. The minimum atomic E-state index is -1.67. The lowest BCUT2D eigenvalue weighted by Crippen LogP contribution is -2.42. The molecule has 0 aliphatic heterocycles. The number of carbonyl (C=O) groups excluding carboxylic acids is 2. The zero-order chi connectivity index (χ0) is 21.8. The van der Waals surface area contributed by atoms with Gasteiger partial charge in [0.2, 0.25) is 5.89 Å². The number of aromatic nitrogens is 1. The van der Waals surface area contributed by atoms with Gasteiger partial charge >= 0.3 is 12.1 Å². The second-order valence-corrected chi connectivity index (χ2v) is 7.16. The molecule has 0 radical (unpaired) electrons. The van der Waals surface area contributed by atoms with Gasteiger partial charge in [0.1, 0.15) is 23.5 Å². The van der Waals surface area contributed by atoms with Crippen LogP contribution in [0.2, 0.25) is 0 Å². The number of rotatable bonds is 7. The van der Waals surface area contributed by atoms with Crippen LogP contribution in [0.4, 0.5) is 13.6 Å². The number of hydrogen-bond donors (Lipinski definition) is 2. The van der Waals surface area contributed by atoms with Gasteiger partial charge in [-0.2, -0.15) is 0 Å². The molecule has 2 atom stereocenters. The van der Waals surface area contributed by atoms with Gasteiger partial charge in [-0.15, -0.1) is 0 Å². The number of nitrogens with zero attached hydrogens (tertiary/aromatic N) is 1. The van der Waals surface area contributed by atoms with Crippen LogP contribution in [-0.4, -0.2) is 40.4 Å². The molecule has 158 valence electrons. The smallest absolute Gasteiger partial charge is 0.407 e. The van der Waals surface area contributed by atoms with Crippen molar-refractivity contribution in [3.05, 3.63) is 42.3 Å². The van der Waals surface area contributed by atoms with Crippen molar-refractivity contribution in [2.75, 3.05) is 6.61 Å². The Morgan fingerprint density at radius 2 is 2.07 bits per heavy atom. The molecule has 1 heterocycles. The van der Waals surface area contributed by atoms with E-state index in [1.165, 1.54) is 6.08 Å². The minimum Gasteiger partial charge on any atom is -0.460 e. The standard InChI is InChI=1S/C19H22F2N2O6/c1-5-6-27-18(26)22-12(9-14(24)29-19(2,3)4)16(25)17-23-15-11(21)7-10(20)8-13(15)28-17/h5,7-8,12,16,25H,1,6,9H2,2-4H3,(H,22,26). The molecule has 0 spiro atoms. The number of ether oxygens (including phenoxy) is 2. The summed E-state index contributed by atoms with van der Waals surface area (Å²) in [5, 5.41) is 12.9. The van der Waals surface area contributed by atoms with Crippen molar-refractivity contribution in [1.82, 2.24) is 10.3 Å². The molecule has 8 nitrogen and oxygen atoms in total. The van der Waals surface area contributed by atoms with Gasteiger partial charge in [0.05, 0.1) is 12.5 Å². The first-order valence-corrected chi connectivity index (χ1v) is 8.69. The predicted octanol–water partition coefficient (Wildman–Crippen LogP) is 3.15. The van der Waals surface area contributed by atoms with Gasteiger partial charge in [0, 0.05) is 12.1 Å². The number of carbonyl (C=O) groups is 2. The van der Waals surface area contributed by atoms with E-state index in [9.17, 15) is 23.5 Å². The Labute approximate surface area is 165 Å². The maximum absolute atomic E-state index is 13.9. The molecule has 2 N–H and O–H groups in total. The summed E-state index contributed by atoms with van der Waals surface area (Å²) >= 11 is 0. The van der Waals surface area contributed by atoms with Crippen LogP contribution in [0.25, 0.3) is 11.1 Å². The van der Waals surface area contributed by atoms with Crippen LogP contribution < -0.4 is 5.32 Å². The van der Waals surface area contributed by atoms with Gasteiger partial charge in [0.25, 0.3) is 0 Å². The molecule has 0 saturated heterocycles.